The number of likely N-dealkylation sites (tertiary alicyclic amines) is 1. The first-order valence-corrected chi connectivity index (χ1v) is 7.02. The van der Waals surface area contributed by atoms with E-state index < -0.39 is 0 Å². The number of hydrogen-bond donors (Lipinski definition) is 0. The van der Waals surface area contributed by atoms with Gasteiger partial charge in [0.05, 0.1) is 0 Å². The summed E-state index contributed by atoms with van der Waals surface area (Å²) in [4.78, 5) is 14.1. The summed E-state index contributed by atoms with van der Waals surface area (Å²) in [5.74, 6) is 2.74. The highest BCUT2D eigenvalue weighted by Crippen LogP contribution is 2.35. The zero-order valence-electron chi connectivity index (χ0n) is 10.3. The van der Waals surface area contributed by atoms with E-state index in [4.69, 9.17) is 11.6 Å². The normalized spacial score (nSPS) is 40.4. The summed E-state index contributed by atoms with van der Waals surface area (Å²) < 4.78 is 0. The van der Waals surface area contributed by atoms with E-state index in [-0.39, 0.29) is 0 Å². The van der Waals surface area contributed by atoms with Crippen LogP contribution in [-0.4, -0.2) is 29.3 Å². The smallest absolute Gasteiger partial charge is 0.223 e. The molecule has 2 rings (SSSR count). The molecule has 1 aliphatic carbocycles. The predicted molar refractivity (Wildman–Crippen MR) is 66.5 cm³/mol. The first kappa shape index (κ1) is 12.2. The molecule has 2 aliphatic rings. The summed E-state index contributed by atoms with van der Waals surface area (Å²) in [6.07, 6.45) is 4.44. The second kappa shape index (κ2) is 4.95. The van der Waals surface area contributed by atoms with Crippen LogP contribution in [0.2, 0.25) is 0 Å². The maximum absolute atomic E-state index is 12.0. The SMILES string of the molecule is CC1CCCC(N2CC(CCl)CC2=O)C1C. The van der Waals surface area contributed by atoms with Crippen molar-refractivity contribution in [3.63, 3.8) is 0 Å². The third-order valence-electron chi connectivity index (χ3n) is 4.52. The molecule has 0 bridgehead atoms. The van der Waals surface area contributed by atoms with Gasteiger partial charge in [0.2, 0.25) is 5.91 Å². The Morgan fingerprint density at radius 3 is 2.75 bits per heavy atom. The molecule has 3 heteroatoms. The summed E-state index contributed by atoms with van der Waals surface area (Å²) >= 11 is 5.86. The van der Waals surface area contributed by atoms with Gasteiger partial charge in [-0.1, -0.05) is 26.7 Å². The highest BCUT2D eigenvalue weighted by atomic mass is 35.5. The van der Waals surface area contributed by atoms with Gasteiger partial charge >= 0.3 is 0 Å². The molecule has 2 fully saturated rings. The van der Waals surface area contributed by atoms with Gasteiger partial charge in [0.15, 0.2) is 0 Å². The first-order chi connectivity index (χ1) is 7.63. The number of rotatable bonds is 2. The van der Waals surface area contributed by atoms with Gasteiger partial charge in [0.1, 0.15) is 0 Å². The van der Waals surface area contributed by atoms with Gasteiger partial charge in [-0.2, -0.15) is 0 Å². The van der Waals surface area contributed by atoms with Crippen LogP contribution < -0.4 is 0 Å². The third-order valence-corrected chi connectivity index (χ3v) is 4.96. The van der Waals surface area contributed by atoms with Crippen LogP contribution in [0.1, 0.15) is 39.5 Å². The Balaban J connectivity index is 2.04. The van der Waals surface area contributed by atoms with Crippen molar-refractivity contribution in [3.8, 4) is 0 Å². The largest absolute Gasteiger partial charge is 0.339 e. The van der Waals surface area contributed by atoms with Crippen LogP contribution in [0, 0.1) is 17.8 Å². The number of hydrogen-bond acceptors (Lipinski definition) is 1. The average Bonchev–Trinajstić information content (AvgIpc) is 2.64. The highest BCUT2D eigenvalue weighted by Gasteiger charge is 2.38. The summed E-state index contributed by atoms with van der Waals surface area (Å²) in [5.41, 5.74) is 0. The third kappa shape index (κ3) is 2.22. The van der Waals surface area contributed by atoms with Crippen LogP contribution in [0.25, 0.3) is 0 Å². The number of amides is 1. The molecule has 0 aromatic carbocycles. The Bertz CT molecular complexity index is 269. The lowest BCUT2D eigenvalue weighted by Gasteiger charge is -2.40. The Morgan fingerprint density at radius 1 is 1.38 bits per heavy atom. The summed E-state index contributed by atoms with van der Waals surface area (Å²) in [6.45, 7) is 5.51. The molecule has 0 radical (unpaired) electrons. The van der Waals surface area contributed by atoms with Crippen molar-refractivity contribution in [1.82, 2.24) is 4.90 Å². The monoisotopic (exact) mass is 243 g/mol. The fourth-order valence-corrected chi connectivity index (χ4v) is 3.43. The fraction of sp³-hybridized carbons (Fsp3) is 0.923. The van der Waals surface area contributed by atoms with Crippen molar-refractivity contribution in [3.05, 3.63) is 0 Å². The molecule has 4 unspecified atom stereocenters. The molecule has 1 saturated heterocycles. The Labute approximate surface area is 103 Å². The Kier molecular flexibility index (Phi) is 3.78. The summed E-state index contributed by atoms with van der Waals surface area (Å²) in [6, 6.07) is 0.476. The van der Waals surface area contributed by atoms with E-state index in [0.29, 0.717) is 36.1 Å². The predicted octanol–water partition coefficient (Wildman–Crippen LogP) is 2.90. The molecular weight excluding hydrogens is 222 g/mol. The van der Waals surface area contributed by atoms with Crippen LogP contribution in [0.5, 0.6) is 0 Å². The quantitative estimate of drug-likeness (QED) is 0.683. The number of halogens is 1. The number of carbonyl (C=O) groups is 1. The van der Waals surface area contributed by atoms with Crippen molar-refractivity contribution in [1.29, 1.82) is 0 Å². The van der Waals surface area contributed by atoms with E-state index in [9.17, 15) is 4.79 Å². The molecule has 1 amide bonds. The lowest BCUT2D eigenvalue weighted by molar-refractivity contribution is -0.131. The molecule has 2 nitrogen and oxygen atoms in total. The van der Waals surface area contributed by atoms with E-state index >= 15 is 0 Å². The van der Waals surface area contributed by atoms with Crippen molar-refractivity contribution in [2.24, 2.45) is 17.8 Å². The minimum atomic E-state index is 0.330. The molecule has 4 atom stereocenters. The minimum absolute atomic E-state index is 0.330. The number of alkyl halides is 1. The van der Waals surface area contributed by atoms with Crippen LogP contribution in [0.15, 0.2) is 0 Å². The van der Waals surface area contributed by atoms with E-state index in [2.05, 4.69) is 18.7 Å². The molecule has 0 aromatic rings. The fourth-order valence-electron chi connectivity index (χ4n) is 3.23. The van der Waals surface area contributed by atoms with E-state index in [1.165, 1.54) is 19.3 Å². The molecule has 1 aliphatic heterocycles. The van der Waals surface area contributed by atoms with Gasteiger partial charge in [-0.15, -0.1) is 11.6 Å². The Morgan fingerprint density at radius 2 is 2.12 bits per heavy atom. The lowest BCUT2D eigenvalue weighted by atomic mass is 9.77. The van der Waals surface area contributed by atoms with Gasteiger partial charge < -0.3 is 4.90 Å². The van der Waals surface area contributed by atoms with Gasteiger partial charge in [-0.3, -0.25) is 4.79 Å². The molecule has 16 heavy (non-hydrogen) atoms. The molecule has 0 spiro atoms. The highest BCUT2D eigenvalue weighted by molar-refractivity contribution is 6.18. The topological polar surface area (TPSA) is 20.3 Å². The average molecular weight is 244 g/mol. The van der Waals surface area contributed by atoms with Crippen molar-refractivity contribution < 1.29 is 4.79 Å². The van der Waals surface area contributed by atoms with Crippen LogP contribution in [0.3, 0.4) is 0 Å². The minimum Gasteiger partial charge on any atom is -0.339 e. The molecule has 0 aromatic heterocycles. The number of carbonyl (C=O) groups excluding carboxylic acids is 1. The molecule has 0 N–H and O–H groups in total. The second-order valence-corrected chi connectivity index (χ2v) is 5.91. The van der Waals surface area contributed by atoms with Gasteiger partial charge in [0, 0.05) is 24.9 Å². The standard InChI is InChI=1S/C13H22ClNO/c1-9-4-3-5-12(10(9)2)15-8-11(7-14)6-13(15)16/h9-12H,3-8H2,1-2H3. The number of nitrogens with zero attached hydrogens (tertiary/aromatic N) is 1. The molecule has 92 valence electrons. The Hall–Kier alpha value is -0.240. The van der Waals surface area contributed by atoms with Crippen LogP contribution in [-0.2, 0) is 4.79 Å². The van der Waals surface area contributed by atoms with Gasteiger partial charge in [-0.05, 0) is 24.2 Å². The molecule has 1 saturated carbocycles. The summed E-state index contributed by atoms with van der Waals surface area (Å²) in [7, 11) is 0. The van der Waals surface area contributed by atoms with Crippen LogP contribution in [0.4, 0.5) is 0 Å². The van der Waals surface area contributed by atoms with E-state index in [1.54, 1.807) is 0 Å². The zero-order chi connectivity index (χ0) is 11.7. The maximum Gasteiger partial charge on any atom is 0.223 e. The van der Waals surface area contributed by atoms with Gasteiger partial charge in [-0.25, -0.2) is 0 Å². The van der Waals surface area contributed by atoms with Gasteiger partial charge in [0.25, 0.3) is 0 Å². The van der Waals surface area contributed by atoms with Crippen molar-refractivity contribution in [2.45, 2.75) is 45.6 Å². The maximum atomic E-state index is 12.0. The zero-order valence-corrected chi connectivity index (χ0v) is 11.0. The second-order valence-electron chi connectivity index (χ2n) is 5.61. The molecular formula is C13H22ClNO. The first-order valence-electron chi connectivity index (χ1n) is 6.49. The van der Waals surface area contributed by atoms with Crippen LogP contribution >= 0.6 is 11.6 Å². The van der Waals surface area contributed by atoms with E-state index in [0.717, 1.165) is 12.5 Å². The van der Waals surface area contributed by atoms with Crippen molar-refractivity contribution >= 4 is 17.5 Å². The van der Waals surface area contributed by atoms with Crippen molar-refractivity contribution in [2.75, 3.05) is 12.4 Å². The summed E-state index contributed by atoms with van der Waals surface area (Å²) in [5, 5.41) is 0. The molecule has 1 heterocycles. The van der Waals surface area contributed by atoms with E-state index in [1.807, 2.05) is 0 Å². The lowest BCUT2D eigenvalue weighted by Crippen LogP contribution is -2.45.